The molecule has 5 nitrogen and oxygen atoms in total. The Bertz CT molecular complexity index is 847. The van der Waals surface area contributed by atoms with E-state index in [2.05, 4.69) is 5.32 Å². The number of amides is 1. The third-order valence-electron chi connectivity index (χ3n) is 3.09. The molecule has 0 aliphatic rings. The molecule has 0 bridgehead atoms. The molecule has 2 rings (SSSR count). The van der Waals surface area contributed by atoms with Crippen molar-refractivity contribution in [2.24, 2.45) is 5.73 Å². The minimum atomic E-state index is -5.47. The van der Waals surface area contributed by atoms with Crippen molar-refractivity contribution >= 4 is 27.1 Å². The summed E-state index contributed by atoms with van der Waals surface area (Å²) in [5, 5.41) is 2.64. The largest absolute Gasteiger partial charge is 0.501 e. The first kappa shape index (κ1) is 17.8. The number of benzene rings is 2. The SMILES string of the molecule is NC(=O)Cc1ccc(Nc2ccccc2S(=O)(=O)C(F)(F)F)cc1. The van der Waals surface area contributed by atoms with Gasteiger partial charge >= 0.3 is 5.51 Å². The highest BCUT2D eigenvalue weighted by atomic mass is 32.2. The third-order valence-corrected chi connectivity index (χ3v) is 4.64. The Morgan fingerprint density at radius 1 is 1.04 bits per heavy atom. The van der Waals surface area contributed by atoms with Crippen LogP contribution in [0.15, 0.2) is 53.4 Å². The average molecular weight is 358 g/mol. The van der Waals surface area contributed by atoms with Gasteiger partial charge in [-0.05, 0) is 29.8 Å². The van der Waals surface area contributed by atoms with E-state index in [4.69, 9.17) is 5.73 Å². The van der Waals surface area contributed by atoms with E-state index in [-0.39, 0.29) is 12.1 Å². The molecule has 0 spiro atoms. The van der Waals surface area contributed by atoms with Crippen molar-refractivity contribution in [1.29, 1.82) is 0 Å². The highest BCUT2D eigenvalue weighted by Gasteiger charge is 2.47. The molecule has 0 saturated heterocycles. The third kappa shape index (κ3) is 3.85. The average Bonchev–Trinajstić information content (AvgIpc) is 2.48. The summed E-state index contributed by atoms with van der Waals surface area (Å²) in [5.74, 6) is -0.516. The van der Waals surface area contributed by atoms with E-state index in [0.29, 0.717) is 11.3 Å². The highest BCUT2D eigenvalue weighted by Crippen LogP contribution is 2.35. The fourth-order valence-corrected chi connectivity index (χ4v) is 2.91. The maximum Gasteiger partial charge on any atom is 0.501 e. The van der Waals surface area contributed by atoms with Crippen molar-refractivity contribution in [3.63, 3.8) is 0 Å². The molecule has 0 fully saturated rings. The number of anilines is 2. The number of hydrogen-bond acceptors (Lipinski definition) is 4. The van der Waals surface area contributed by atoms with Gasteiger partial charge in [0.05, 0.1) is 17.0 Å². The molecule has 0 aliphatic heterocycles. The molecule has 0 unspecified atom stereocenters. The van der Waals surface area contributed by atoms with Gasteiger partial charge in [-0.2, -0.15) is 13.2 Å². The first-order valence-electron chi connectivity index (χ1n) is 6.66. The van der Waals surface area contributed by atoms with E-state index in [9.17, 15) is 26.4 Å². The second kappa shape index (κ2) is 6.52. The minimum absolute atomic E-state index is 0.0271. The van der Waals surface area contributed by atoms with Gasteiger partial charge in [-0.15, -0.1) is 0 Å². The molecule has 9 heteroatoms. The number of carbonyl (C=O) groups is 1. The zero-order chi connectivity index (χ0) is 18.0. The monoisotopic (exact) mass is 358 g/mol. The number of primary amides is 1. The number of halogens is 3. The van der Waals surface area contributed by atoms with Gasteiger partial charge in [-0.1, -0.05) is 24.3 Å². The van der Waals surface area contributed by atoms with Gasteiger partial charge in [0.1, 0.15) is 0 Å². The summed E-state index contributed by atoms with van der Waals surface area (Å²) in [6.45, 7) is 0. The van der Waals surface area contributed by atoms with E-state index in [1.54, 1.807) is 12.1 Å². The number of nitrogens with two attached hydrogens (primary N) is 1. The Labute approximate surface area is 136 Å². The van der Waals surface area contributed by atoms with Crippen LogP contribution in [0, 0.1) is 0 Å². The summed E-state index contributed by atoms with van der Waals surface area (Å²) in [4.78, 5) is 9.96. The molecule has 24 heavy (non-hydrogen) atoms. The van der Waals surface area contributed by atoms with Crippen molar-refractivity contribution in [3.8, 4) is 0 Å². The van der Waals surface area contributed by atoms with Crippen molar-refractivity contribution < 1.29 is 26.4 Å². The minimum Gasteiger partial charge on any atom is -0.369 e. The van der Waals surface area contributed by atoms with Gasteiger partial charge < -0.3 is 11.1 Å². The maximum absolute atomic E-state index is 12.8. The number of sulfone groups is 1. The van der Waals surface area contributed by atoms with Crippen LogP contribution >= 0.6 is 0 Å². The topological polar surface area (TPSA) is 89.3 Å². The van der Waals surface area contributed by atoms with Gasteiger partial charge in [-0.3, -0.25) is 4.79 Å². The molecule has 0 aromatic heterocycles. The molecule has 3 N–H and O–H groups in total. The highest BCUT2D eigenvalue weighted by molar-refractivity contribution is 7.92. The number of carbonyl (C=O) groups excluding carboxylic acids is 1. The molecular formula is C15H13F3N2O3S. The Morgan fingerprint density at radius 2 is 1.62 bits per heavy atom. The predicted octanol–water partition coefficient (Wildman–Crippen LogP) is 2.75. The molecular weight excluding hydrogens is 345 g/mol. The van der Waals surface area contributed by atoms with Gasteiger partial charge in [0.25, 0.3) is 9.84 Å². The van der Waals surface area contributed by atoms with Gasteiger partial charge in [0.15, 0.2) is 0 Å². The van der Waals surface area contributed by atoms with Gasteiger partial charge in [0, 0.05) is 5.69 Å². The number of para-hydroxylation sites is 1. The lowest BCUT2D eigenvalue weighted by molar-refractivity contribution is -0.117. The Hall–Kier alpha value is -2.55. The normalized spacial score (nSPS) is 12.0. The predicted molar refractivity (Wildman–Crippen MR) is 82.3 cm³/mol. The molecule has 0 saturated carbocycles. The standard InChI is InChI=1S/C15H13F3N2O3S/c16-15(17,18)24(22,23)13-4-2-1-3-12(13)20-11-7-5-10(6-8-11)9-14(19)21/h1-8,20H,9H2,(H2,19,21). The molecule has 2 aromatic rings. The molecule has 0 atom stereocenters. The van der Waals surface area contributed by atoms with E-state index in [0.717, 1.165) is 6.07 Å². The summed E-state index contributed by atoms with van der Waals surface area (Å²) in [6.07, 6.45) is 0.0271. The summed E-state index contributed by atoms with van der Waals surface area (Å²) in [6, 6.07) is 10.9. The quantitative estimate of drug-likeness (QED) is 0.860. The molecule has 0 radical (unpaired) electrons. The fourth-order valence-electron chi connectivity index (χ4n) is 1.99. The Balaban J connectivity index is 2.33. The van der Waals surface area contributed by atoms with E-state index >= 15 is 0 Å². The number of nitrogens with one attached hydrogen (secondary N) is 1. The Kier molecular flexibility index (Phi) is 4.83. The van der Waals surface area contributed by atoms with Crippen molar-refractivity contribution in [2.75, 3.05) is 5.32 Å². The first-order valence-corrected chi connectivity index (χ1v) is 8.14. The first-order chi connectivity index (χ1) is 11.1. The lowest BCUT2D eigenvalue weighted by Crippen LogP contribution is -2.24. The van der Waals surface area contributed by atoms with Gasteiger partial charge in [-0.25, -0.2) is 8.42 Å². The van der Waals surface area contributed by atoms with Crippen LogP contribution in [0.4, 0.5) is 24.5 Å². The van der Waals surface area contributed by atoms with Crippen LogP contribution in [-0.2, 0) is 21.1 Å². The van der Waals surface area contributed by atoms with Crippen molar-refractivity contribution in [3.05, 3.63) is 54.1 Å². The molecule has 0 heterocycles. The second-order valence-electron chi connectivity index (χ2n) is 4.91. The van der Waals surface area contributed by atoms with Crippen molar-refractivity contribution in [1.82, 2.24) is 0 Å². The van der Waals surface area contributed by atoms with Crippen LogP contribution < -0.4 is 11.1 Å². The second-order valence-corrected chi connectivity index (χ2v) is 6.82. The lowest BCUT2D eigenvalue weighted by Gasteiger charge is -2.14. The summed E-state index contributed by atoms with van der Waals surface area (Å²) >= 11 is 0. The van der Waals surface area contributed by atoms with Crippen LogP contribution in [-0.4, -0.2) is 19.8 Å². The molecule has 1 amide bonds. The summed E-state index contributed by atoms with van der Waals surface area (Å²) in [5.41, 5.74) is 0.475. The maximum atomic E-state index is 12.8. The zero-order valence-corrected chi connectivity index (χ0v) is 13.0. The van der Waals surface area contributed by atoms with Gasteiger partial charge in [0.2, 0.25) is 5.91 Å². The van der Waals surface area contributed by atoms with Crippen LogP contribution in [0.3, 0.4) is 0 Å². The van der Waals surface area contributed by atoms with Crippen molar-refractivity contribution in [2.45, 2.75) is 16.8 Å². The number of rotatable bonds is 5. The smallest absolute Gasteiger partial charge is 0.369 e. The van der Waals surface area contributed by atoms with E-state index < -0.39 is 26.1 Å². The van der Waals surface area contributed by atoms with E-state index in [1.807, 2.05) is 0 Å². The summed E-state index contributed by atoms with van der Waals surface area (Å²) < 4.78 is 61.5. The number of alkyl halides is 3. The number of hydrogen-bond donors (Lipinski definition) is 2. The lowest BCUT2D eigenvalue weighted by atomic mass is 10.1. The molecule has 0 aliphatic carbocycles. The van der Waals surface area contributed by atoms with Crippen LogP contribution in [0.5, 0.6) is 0 Å². The molecule has 128 valence electrons. The fraction of sp³-hybridized carbons (Fsp3) is 0.133. The van der Waals surface area contributed by atoms with Crippen LogP contribution in [0.2, 0.25) is 0 Å². The summed E-state index contributed by atoms with van der Waals surface area (Å²) in [7, 11) is -5.47. The Morgan fingerprint density at radius 3 is 2.17 bits per heavy atom. The van der Waals surface area contributed by atoms with E-state index in [1.165, 1.54) is 30.3 Å². The van der Waals surface area contributed by atoms with Crippen LogP contribution in [0.25, 0.3) is 0 Å². The zero-order valence-electron chi connectivity index (χ0n) is 12.2. The molecule has 2 aromatic carbocycles. The van der Waals surface area contributed by atoms with Crippen LogP contribution in [0.1, 0.15) is 5.56 Å².